The first-order valence-electron chi connectivity index (χ1n) is 15.4. The van der Waals surface area contributed by atoms with Crippen molar-refractivity contribution in [1.82, 2.24) is 5.32 Å². The highest BCUT2D eigenvalue weighted by Gasteiger charge is 2.27. The molecule has 0 radical (unpaired) electrons. The second-order valence-electron chi connectivity index (χ2n) is 10.1. The maximum atomic E-state index is 12.6. The highest BCUT2D eigenvalue weighted by atomic mass is 31.2. The van der Waals surface area contributed by atoms with E-state index in [-0.39, 0.29) is 19.6 Å². The number of nitrogens with one attached hydrogen (secondary N) is 1. The van der Waals surface area contributed by atoms with E-state index in [9.17, 15) is 24.5 Å². The first-order valence-corrected chi connectivity index (χ1v) is 16.9. The van der Waals surface area contributed by atoms with Crippen LogP contribution in [0.25, 0.3) is 0 Å². The van der Waals surface area contributed by atoms with Gasteiger partial charge in [0.15, 0.2) is 0 Å². The predicted molar refractivity (Wildman–Crippen MR) is 167 cm³/mol. The van der Waals surface area contributed by atoms with Crippen LogP contribution in [0.15, 0.2) is 48.6 Å². The minimum absolute atomic E-state index is 0.0344. The summed E-state index contributed by atoms with van der Waals surface area (Å²) < 4.78 is 21.7. The van der Waals surface area contributed by atoms with Gasteiger partial charge in [0.25, 0.3) is 0 Å². The molecule has 0 spiro atoms. The fourth-order valence-electron chi connectivity index (χ4n) is 3.82. The molecule has 0 aliphatic carbocycles. The summed E-state index contributed by atoms with van der Waals surface area (Å²) in [6, 6.07) is -1.03. The van der Waals surface area contributed by atoms with Gasteiger partial charge in [-0.2, -0.15) is 0 Å². The molecule has 0 saturated heterocycles. The molecule has 0 fully saturated rings. The van der Waals surface area contributed by atoms with Gasteiger partial charge in [0.05, 0.1) is 37.9 Å². The number of aliphatic hydroxyl groups is 2. The molecule has 238 valence electrons. The monoisotopic (exact) mass is 600 g/mol. The molecule has 1 amide bonds. The number of hydrogen-bond acceptors (Lipinski definition) is 7. The van der Waals surface area contributed by atoms with Gasteiger partial charge in [-0.15, -0.1) is 0 Å². The normalized spacial score (nSPS) is 16.1. The molecule has 10 heteroatoms. The second-order valence-corrected chi connectivity index (χ2v) is 11.6. The Bertz CT molecular complexity index is 801. The zero-order valence-electron chi connectivity index (χ0n) is 25.4. The Hall–Kier alpha value is -1.58. The summed E-state index contributed by atoms with van der Waals surface area (Å²) in [6.45, 7) is 3.75. The van der Waals surface area contributed by atoms with Gasteiger partial charge in [-0.3, -0.25) is 13.8 Å². The minimum atomic E-state index is -4.40. The van der Waals surface area contributed by atoms with Gasteiger partial charge < -0.3 is 26.2 Å². The topological polar surface area (TPSA) is 151 Å². The average Bonchev–Trinajstić information content (AvgIpc) is 2.94. The van der Waals surface area contributed by atoms with Crippen LogP contribution in [0.1, 0.15) is 104 Å². The minimum Gasteiger partial charge on any atom is -0.389 e. The van der Waals surface area contributed by atoms with Crippen LogP contribution in [0.4, 0.5) is 0 Å². The van der Waals surface area contributed by atoms with Crippen molar-refractivity contribution in [3.8, 4) is 0 Å². The van der Waals surface area contributed by atoms with E-state index in [1.807, 2.05) is 6.08 Å². The number of amides is 1. The van der Waals surface area contributed by atoms with Crippen LogP contribution in [0, 0.1) is 0 Å². The van der Waals surface area contributed by atoms with Crippen molar-refractivity contribution in [2.24, 2.45) is 5.73 Å². The number of nitrogens with two attached hydrogens (primary N) is 1. The number of allylic oxidation sites excluding steroid dienone is 6. The Kier molecular flexibility index (Phi) is 26.2. The number of carbonyl (C=O) groups excluding carboxylic acids is 1. The molecule has 0 heterocycles. The van der Waals surface area contributed by atoms with Crippen molar-refractivity contribution in [3.63, 3.8) is 0 Å². The van der Waals surface area contributed by atoms with Gasteiger partial charge in [-0.25, -0.2) is 4.57 Å². The molecule has 0 bridgehead atoms. The maximum absolute atomic E-state index is 12.6. The molecular weight excluding hydrogens is 543 g/mol. The highest BCUT2D eigenvalue weighted by Crippen LogP contribution is 2.43. The van der Waals surface area contributed by atoms with Crippen LogP contribution in [0.3, 0.4) is 0 Å². The Morgan fingerprint density at radius 1 is 0.829 bits per heavy atom. The second kappa shape index (κ2) is 27.3. The first-order chi connectivity index (χ1) is 19.8. The van der Waals surface area contributed by atoms with Crippen LogP contribution in [0.2, 0.25) is 0 Å². The summed E-state index contributed by atoms with van der Waals surface area (Å²) >= 11 is 0. The van der Waals surface area contributed by atoms with Gasteiger partial charge in [0.2, 0.25) is 5.91 Å². The van der Waals surface area contributed by atoms with E-state index < -0.39 is 38.6 Å². The molecule has 0 aliphatic heterocycles. The molecule has 4 atom stereocenters. The van der Waals surface area contributed by atoms with Crippen LogP contribution < -0.4 is 11.1 Å². The van der Waals surface area contributed by atoms with E-state index in [1.54, 1.807) is 18.2 Å². The summed E-state index contributed by atoms with van der Waals surface area (Å²) in [4.78, 5) is 22.4. The van der Waals surface area contributed by atoms with Crippen molar-refractivity contribution >= 4 is 13.7 Å². The van der Waals surface area contributed by atoms with Crippen LogP contribution in [0.5, 0.6) is 0 Å². The molecular formula is C31H57N2O7P. The van der Waals surface area contributed by atoms with Crippen molar-refractivity contribution < 1.29 is 33.5 Å². The molecule has 9 nitrogen and oxygen atoms in total. The van der Waals surface area contributed by atoms with Crippen molar-refractivity contribution in [2.75, 3.05) is 19.8 Å². The van der Waals surface area contributed by atoms with E-state index in [1.165, 1.54) is 44.6 Å². The maximum Gasteiger partial charge on any atom is 0.472 e. The zero-order valence-corrected chi connectivity index (χ0v) is 26.3. The summed E-state index contributed by atoms with van der Waals surface area (Å²) in [6.07, 6.45) is 26.8. The molecule has 0 aromatic heterocycles. The third kappa shape index (κ3) is 25.8. The SMILES string of the molecule is CCCC/C=C/CC/C=C/C(O)C(COP(=O)(O)OCCN)NC(=O)CC(O)/C=C\C/C=C\CCCCCCCC. The van der Waals surface area contributed by atoms with Gasteiger partial charge in [-0.05, 0) is 38.5 Å². The fraction of sp³-hybridized carbons (Fsp3) is 0.710. The van der Waals surface area contributed by atoms with Gasteiger partial charge in [0, 0.05) is 6.54 Å². The first kappa shape index (κ1) is 39.4. The van der Waals surface area contributed by atoms with Crippen molar-refractivity contribution in [3.05, 3.63) is 48.6 Å². The highest BCUT2D eigenvalue weighted by molar-refractivity contribution is 7.47. The zero-order chi connectivity index (χ0) is 30.6. The quantitative estimate of drug-likeness (QED) is 0.0437. The predicted octanol–water partition coefficient (Wildman–Crippen LogP) is 6.01. The molecule has 6 N–H and O–H groups in total. The van der Waals surface area contributed by atoms with Crippen LogP contribution in [-0.4, -0.2) is 59.0 Å². The third-order valence-electron chi connectivity index (χ3n) is 6.19. The van der Waals surface area contributed by atoms with E-state index in [0.29, 0.717) is 12.8 Å². The lowest BCUT2D eigenvalue weighted by molar-refractivity contribution is -0.124. The van der Waals surface area contributed by atoms with Crippen molar-refractivity contribution in [1.29, 1.82) is 0 Å². The number of phosphoric acid groups is 1. The average molecular weight is 601 g/mol. The molecule has 4 unspecified atom stereocenters. The van der Waals surface area contributed by atoms with E-state index in [4.69, 9.17) is 14.8 Å². The molecule has 41 heavy (non-hydrogen) atoms. The van der Waals surface area contributed by atoms with E-state index in [2.05, 4.69) is 37.4 Å². The van der Waals surface area contributed by atoms with E-state index in [0.717, 1.165) is 32.1 Å². The molecule has 0 rings (SSSR count). The molecule has 0 aromatic carbocycles. The Labute approximate surface area is 248 Å². The Morgan fingerprint density at radius 3 is 2.20 bits per heavy atom. The molecule has 0 aliphatic rings. The summed E-state index contributed by atoms with van der Waals surface area (Å²) in [5.74, 6) is -0.531. The summed E-state index contributed by atoms with van der Waals surface area (Å²) in [5, 5.41) is 23.5. The smallest absolute Gasteiger partial charge is 0.389 e. The van der Waals surface area contributed by atoms with E-state index >= 15 is 0 Å². The number of hydrogen-bond donors (Lipinski definition) is 5. The number of rotatable bonds is 27. The van der Waals surface area contributed by atoms with Crippen molar-refractivity contribution in [2.45, 2.75) is 122 Å². The lowest BCUT2D eigenvalue weighted by Gasteiger charge is -2.23. The number of aliphatic hydroxyl groups excluding tert-OH is 2. The van der Waals surface area contributed by atoms with Gasteiger partial charge in [-0.1, -0.05) is 107 Å². The van der Waals surface area contributed by atoms with Crippen LogP contribution >= 0.6 is 7.82 Å². The number of phosphoric ester groups is 1. The lowest BCUT2D eigenvalue weighted by atomic mass is 10.1. The van der Waals surface area contributed by atoms with Crippen LogP contribution in [-0.2, 0) is 18.4 Å². The Morgan fingerprint density at radius 2 is 1.46 bits per heavy atom. The Balaban J connectivity index is 4.74. The number of unbranched alkanes of at least 4 members (excludes halogenated alkanes) is 9. The number of carbonyl (C=O) groups is 1. The van der Waals surface area contributed by atoms with Gasteiger partial charge >= 0.3 is 7.82 Å². The fourth-order valence-corrected chi connectivity index (χ4v) is 4.58. The lowest BCUT2D eigenvalue weighted by Crippen LogP contribution is -2.46. The molecule has 0 saturated carbocycles. The molecule has 0 aromatic rings. The largest absolute Gasteiger partial charge is 0.472 e. The standard InChI is InChI=1S/C31H57N2O7P/c1-3-5-7-9-11-13-14-15-16-18-20-22-28(34)26-31(36)33-29(27-40-41(37,38)39-25-24-32)30(35)23-21-19-17-12-10-8-6-4-2/h10,12,15-16,20-23,28-30,34-35H,3-9,11,13-14,17-19,24-27,32H2,1-2H3,(H,33,36)(H,37,38)/b12-10+,16-15-,22-20-,23-21+. The summed E-state index contributed by atoms with van der Waals surface area (Å²) in [5.41, 5.74) is 5.30. The third-order valence-corrected chi connectivity index (χ3v) is 7.17. The van der Waals surface area contributed by atoms with Gasteiger partial charge in [0.1, 0.15) is 0 Å². The summed E-state index contributed by atoms with van der Waals surface area (Å²) in [7, 11) is -4.40.